The molecule has 0 aliphatic heterocycles. The van der Waals surface area contributed by atoms with Crippen molar-refractivity contribution in [2.24, 2.45) is 0 Å². The number of benzene rings is 1. The van der Waals surface area contributed by atoms with Gasteiger partial charge in [0.05, 0.1) is 17.7 Å². The summed E-state index contributed by atoms with van der Waals surface area (Å²) in [7, 11) is 1.09. The van der Waals surface area contributed by atoms with Gasteiger partial charge in [0.15, 0.2) is 6.10 Å². The average Bonchev–Trinajstić information content (AvgIpc) is 2.19. The molecule has 1 aromatic rings. The summed E-state index contributed by atoms with van der Waals surface area (Å²) in [6, 6.07) is 1.82. The minimum Gasteiger partial charge on any atom is -0.496 e. The molecule has 0 aromatic heterocycles. The average molecular weight is 259 g/mol. The molecule has 1 aromatic carbocycles. The summed E-state index contributed by atoms with van der Waals surface area (Å²) in [5.74, 6) is -1.38. The summed E-state index contributed by atoms with van der Waals surface area (Å²) in [6.45, 7) is 0. The number of hydrogen-bond donors (Lipinski definition) is 1. The first-order valence-corrected chi connectivity index (χ1v) is 4.43. The Labute approximate surface area is 93.4 Å². The molecule has 0 aliphatic carbocycles. The van der Waals surface area contributed by atoms with Crippen molar-refractivity contribution < 1.29 is 27.4 Å². The van der Waals surface area contributed by atoms with Crippen molar-refractivity contribution >= 4 is 11.6 Å². The Balaban J connectivity index is 3.35. The Kier molecular flexibility index (Phi) is 3.64. The summed E-state index contributed by atoms with van der Waals surface area (Å²) >= 11 is 5.36. The molecule has 1 atom stereocenters. The molecule has 0 bridgehead atoms. The predicted octanol–water partition coefficient (Wildman–Crippen LogP) is 3.08. The van der Waals surface area contributed by atoms with Crippen molar-refractivity contribution in [3.05, 3.63) is 28.5 Å². The highest BCUT2D eigenvalue weighted by Gasteiger charge is 2.42. The highest BCUT2D eigenvalue weighted by atomic mass is 35.5. The van der Waals surface area contributed by atoms with Crippen LogP contribution in [0.15, 0.2) is 12.1 Å². The van der Waals surface area contributed by atoms with Gasteiger partial charge in [-0.15, -0.1) is 0 Å². The second kappa shape index (κ2) is 4.47. The first-order chi connectivity index (χ1) is 7.29. The Morgan fingerprint density at radius 2 is 1.94 bits per heavy atom. The molecule has 0 radical (unpaired) electrons. The van der Waals surface area contributed by atoms with Crippen LogP contribution in [-0.4, -0.2) is 18.4 Å². The van der Waals surface area contributed by atoms with Gasteiger partial charge in [-0.25, -0.2) is 4.39 Å². The van der Waals surface area contributed by atoms with E-state index in [1.165, 1.54) is 0 Å². The van der Waals surface area contributed by atoms with Gasteiger partial charge >= 0.3 is 6.18 Å². The number of rotatable bonds is 2. The van der Waals surface area contributed by atoms with Gasteiger partial charge in [-0.1, -0.05) is 11.6 Å². The minimum absolute atomic E-state index is 0.323. The van der Waals surface area contributed by atoms with Crippen molar-refractivity contribution in [1.82, 2.24) is 0 Å². The highest BCUT2D eigenvalue weighted by molar-refractivity contribution is 6.31. The fraction of sp³-hybridized carbons (Fsp3) is 0.333. The second-order valence-corrected chi connectivity index (χ2v) is 3.30. The number of aliphatic hydroxyl groups is 1. The van der Waals surface area contributed by atoms with Gasteiger partial charge in [-0.05, 0) is 12.1 Å². The van der Waals surface area contributed by atoms with Crippen LogP contribution in [-0.2, 0) is 0 Å². The van der Waals surface area contributed by atoms with E-state index in [1.807, 2.05) is 0 Å². The van der Waals surface area contributed by atoms with E-state index in [4.69, 9.17) is 16.7 Å². The molecule has 0 amide bonds. The van der Waals surface area contributed by atoms with Crippen LogP contribution < -0.4 is 4.74 Å². The van der Waals surface area contributed by atoms with Gasteiger partial charge < -0.3 is 9.84 Å². The number of ether oxygens (including phenoxy) is 1. The summed E-state index contributed by atoms with van der Waals surface area (Å²) in [5.41, 5.74) is -0.823. The number of halogens is 5. The number of alkyl halides is 3. The highest BCUT2D eigenvalue weighted by Crippen LogP contribution is 2.41. The summed E-state index contributed by atoms with van der Waals surface area (Å²) in [5, 5.41) is 8.22. The fourth-order valence-electron chi connectivity index (χ4n) is 1.15. The van der Waals surface area contributed by atoms with Gasteiger partial charge in [0.2, 0.25) is 0 Å². The SMILES string of the molecule is COc1ccc(F)c(Cl)c1[C@@H](O)C(F)(F)F. The molecule has 90 valence electrons. The molecule has 0 fully saturated rings. The van der Waals surface area contributed by atoms with Crippen molar-refractivity contribution in [3.63, 3.8) is 0 Å². The van der Waals surface area contributed by atoms with Gasteiger partial charge in [0.1, 0.15) is 11.6 Å². The van der Waals surface area contributed by atoms with Gasteiger partial charge in [-0.3, -0.25) is 0 Å². The van der Waals surface area contributed by atoms with Crippen LogP contribution in [0.25, 0.3) is 0 Å². The van der Waals surface area contributed by atoms with Crippen LogP contribution in [0.3, 0.4) is 0 Å². The van der Waals surface area contributed by atoms with E-state index in [9.17, 15) is 17.6 Å². The van der Waals surface area contributed by atoms with Crippen LogP contribution >= 0.6 is 11.6 Å². The molecule has 0 heterocycles. The van der Waals surface area contributed by atoms with E-state index in [2.05, 4.69) is 4.74 Å². The first kappa shape index (κ1) is 13.1. The quantitative estimate of drug-likeness (QED) is 0.826. The first-order valence-electron chi connectivity index (χ1n) is 4.05. The Morgan fingerprint density at radius 1 is 1.38 bits per heavy atom. The minimum atomic E-state index is -4.94. The normalized spacial score (nSPS) is 13.7. The number of methoxy groups -OCH3 is 1. The number of hydrogen-bond acceptors (Lipinski definition) is 2. The summed E-state index contributed by atoms with van der Waals surface area (Å²) < 4.78 is 54.4. The topological polar surface area (TPSA) is 29.5 Å². The van der Waals surface area contributed by atoms with Crippen LogP contribution in [0.5, 0.6) is 5.75 Å². The molecule has 0 aliphatic rings. The molecular formula is C9H7ClF4O2. The number of aliphatic hydroxyl groups excluding tert-OH is 1. The molecule has 7 heteroatoms. The van der Waals surface area contributed by atoms with Crippen molar-refractivity contribution in [2.75, 3.05) is 7.11 Å². The van der Waals surface area contributed by atoms with E-state index in [-0.39, 0.29) is 5.75 Å². The van der Waals surface area contributed by atoms with E-state index >= 15 is 0 Å². The fourth-order valence-corrected chi connectivity index (χ4v) is 1.40. The molecule has 16 heavy (non-hydrogen) atoms. The molecular weight excluding hydrogens is 252 g/mol. The van der Waals surface area contributed by atoms with E-state index in [1.54, 1.807) is 0 Å². The molecule has 0 saturated heterocycles. The van der Waals surface area contributed by atoms with Gasteiger partial charge in [0.25, 0.3) is 0 Å². The van der Waals surface area contributed by atoms with Crippen molar-refractivity contribution in [1.29, 1.82) is 0 Å². The molecule has 0 saturated carbocycles. The van der Waals surface area contributed by atoms with Crippen LogP contribution in [0.4, 0.5) is 17.6 Å². The monoisotopic (exact) mass is 258 g/mol. The van der Waals surface area contributed by atoms with E-state index in [0.717, 1.165) is 19.2 Å². The zero-order valence-corrected chi connectivity index (χ0v) is 8.73. The Bertz CT molecular complexity index is 392. The summed E-state index contributed by atoms with van der Waals surface area (Å²) in [6.07, 6.45) is -7.82. The molecule has 1 N–H and O–H groups in total. The lowest BCUT2D eigenvalue weighted by Crippen LogP contribution is -2.21. The largest absolute Gasteiger partial charge is 0.496 e. The van der Waals surface area contributed by atoms with Gasteiger partial charge in [-0.2, -0.15) is 13.2 Å². The zero-order chi connectivity index (χ0) is 12.5. The lowest BCUT2D eigenvalue weighted by atomic mass is 10.1. The predicted molar refractivity (Wildman–Crippen MR) is 49.0 cm³/mol. The molecule has 0 spiro atoms. The van der Waals surface area contributed by atoms with Crippen LogP contribution in [0.1, 0.15) is 11.7 Å². The Morgan fingerprint density at radius 3 is 2.38 bits per heavy atom. The Hall–Kier alpha value is -1.01. The van der Waals surface area contributed by atoms with Crippen molar-refractivity contribution in [2.45, 2.75) is 12.3 Å². The third-order valence-corrected chi connectivity index (χ3v) is 2.28. The summed E-state index contributed by atoms with van der Waals surface area (Å²) in [4.78, 5) is 0. The smallest absolute Gasteiger partial charge is 0.418 e. The van der Waals surface area contributed by atoms with Gasteiger partial charge in [0, 0.05) is 0 Å². The maximum absolute atomic E-state index is 13.0. The lowest BCUT2D eigenvalue weighted by Gasteiger charge is -2.18. The third-order valence-electron chi connectivity index (χ3n) is 1.90. The van der Waals surface area contributed by atoms with Crippen molar-refractivity contribution in [3.8, 4) is 5.75 Å². The van der Waals surface area contributed by atoms with E-state index in [0.29, 0.717) is 0 Å². The zero-order valence-electron chi connectivity index (χ0n) is 7.98. The van der Waals surface area contributed by atoms with Crippen LogP contribution in [0.2, 0.25) is 5.02 Å². The maximum atomic E-state index is 13.0. The second-order valence-electron chi connectivity index (χ2n) is 2.92. The van der Waals surface area contributed by atoms with Crippen LogP contribution in [0, 0.1) is 5.82 Å². The lowest BCUT2D eigenvalue weighted by molar-refractivity contribution is -0.207. The third kappa shape index (κ3) is 2.38. The maximum Gasteiger partial charge on any atom is 0.418 e. The molecule has 0 unspecified atom stereocenters. The molecule has 2 nitrogen and oxygen atoms in total. The van der Waals surface area contributed by atoms with E-state index < -0.39 is 28.7 Å². The molecule has 1 rings (SSSR count). The standard InChI is InChI=1S/C9H7ClF4O2/c1-16-5-3-2-4(11)7(10)6(5)8(15)9(12,13)14/h2-3,8,15H,1H3/t8-/m1/s1.